The SMILES string of the molecule is CC(C)(C)C(CF)NCc1ccccc1. The molecule has 0 saturated heterocycles. The largest absolute Gasteiger partial charge is 0.307 e. The molecule has 1 rings (SSSR count). The van der Waals surface area contributed by atoms with Gasteiger partial charge >= 0.3 is 0 Å². The smallest absolute Gasteiger partial charge is 0.105 e. The Morgan fingerprint density at radius 3 is 2.27 bits per heavy atom. The van der Waals surface area contributed by atoms with Crippen LogP contribution in [0.5, 0.6) is 0 Å². The van der Waals surface area contributed by atoms with Gasteiger partial charge in [-0.1, -0.05) is 51.1 Å². The standard InChI is InChI=1S/C13H20FN/c1-13(2,3)12(9-14)15-10-11-7-5-4-6-8-11/h4-8,12,15H,9-10H2,1-3H3. The summed E-state index contributed by atoms with van der Waals surface area (Å²) in [5, 5.41) is 3.25. The zero-order chi connectivity index (χ0) is 11.3. The summed E-state index contributed by atoms with van der Waals surface area (Å²) < 4.78 is 12.8. The van der Waals surface area contributed by atoms with Gasteiger partial charge in [0.2, 0.25) is 0 Å². The first-order chi connectivity index (χ1) is 7.04. The highest BCUT2D eigenvalue weighted by Crippen LogP contribution is 2.19. The third-order valence-electron chi connectivity index (χ3n) is 2.60. The Morgan fingerprint density at radius 1 is 1.20 bits per heavy atom. The molecule has 0 saturated carbocycles. The summed E-state index contributed by atoms with van der Waals surface area (Å²) in [7, 11) is 0. The maximum Gasteiger partial charge on any atom is 0.105 e. The van der Waals surface area contributed by atoms with Crippen LogP contribution in [0.1, 0.15) is 26.3 Å². The Morgan fingerprint density at radius 2 is 1.80 bits per heavy atom. The molecule has 0 amide bonds. The average Bonchev–Trinajstić information content (AvgIpc) is 2.18. The van der Waals surface area contributed by atoms with Crippen LogP contribution in [0.2, 0.25) is 0 Å². The molecular formula is C13H20FN. The first-order valence-electron chi connectivity index (χ1n) is 5.37. The molecule has 0 fully saturated rings. The quantitative estimate of drug-likeness (QED) is 0.803. The third-order valence-corrected chi connectivity index (χ3v) is 2.60. The van der Waals surface area contributed by atoms with Gasteiger partial charge in [-0.15, -0.1) is 0 Å². The Bertz CT molecular complexity index is 276. The molecule has 0 heterocycles. The average molecular weight is 209 g/mol. The van der Waals surface area contributed by atoms with E-state index in [1.54, 1.807) is 0 Å². The van der Waals surface area contributed by atoms with Crippen molar-refractivity contribution in [2.24, 2.45) is 5.41 Å². The zero-order valence-corrected chi connectivity index (χ0v) is 9.76. The van der Waals surface area contributed by atoms with Crippen LogP contribution in [-0.2, 0) is 6.54 Å². The van der Waals surface area contributed by atoms with E-state index in [2.05, 4.69) is 26.1 Å². The molecule has 0 aromatic heterocycles. The number of alkyl halides is 1. The summed E-state index contributed by atoms with van der Waals surface area (Å²) in [4.78, 5) is 0. The Hall–Kier alpha value is -0.890. The zero-order valence-electron chi connectivity index (χ0n) is 9.76. The second-order valence-electron chi connectivity index (χ2n) is 4.94. The summed E-state index contributed by atoms with van der Waals surface area (Å²) in [5.74, 6) is 0. The van der Waals surface area contributed by atoms with Crippen molar-refractivity contribution in [1.82, 2.24) is 5.32 Å². The summed E-state index contributed by atoms with van der Waals surface area (Å²) in [6, 6.07) is 9.99. The molecule has 1 nitrogen and oxygen atoms in total. The van der Waals surface area contributed by atoms with Crippen LogP contribution in [-0.4, -0.2) is 12.7 Å². The van der Waals surface area contributed by atoms with Crippen LogP contribution in [0.4, 0.5) is 4.39 Å². The molecule has 0 aliphatic heterocycles. The first kappa shape index (κ1) is 12.2. The van der Waals surface area contributed by atoms with Crippen LogP contribution in [0, 0.1) is 5.41 Å². The lowest BCUT2D eigenvalue weighted by molar-refractivity contribution is 0.219. The van der Waals surface area contributed by atoms with Gasteiger partial charge in [0, 0.05) is 12.6 Å². The first-order valence-corrected chi connectivity index (χ1v) is 5.37. The van der Waals surface area contributed by atoms with E-state index in [-0.39, 0.29) is 18.1 Å². The molecule has 2 heteroatoms. The van der Waals surface area contributed by atoms with Crippen LogP contribution in [0.25, 0.3) is 0 Å². The van der Waals surface area contributed by atoms with E-state index in [0.717, 1.165) is 6.54 Å². The lowest BCUT2D eigenvalue weighted by atomic mass is 9.87. The van der Waals surface area contributed by atoms with Gasteiger partial charge in [0.1, 0.15) is 6.67 Å². The minimum atomic E-state index is -0.323. The highest BCUT2D eigenvalue weighted by molar-refractivity contribution is 5.14. The van der Waals surface area contributed by atoms with Crippen molar-refractivity contribution in [2.45, 2.75) is 33.4 Å². The molecule has 1 N–H and O–H groups in total. The molecule has 0 radical (unpaired) electrons. The topological polar surface area (TPSA) is 12.0 Å². The molecule has 15 heavy (non-hydrogen) atoms. The number of benzene rings is 1. The van der Waals surface area contributed by atoms with Gasteiger partial charge in [-0.2, -0.15) is 0 Å². The van der Waals surface area contributed by atoms with Gasteiger partial charge in [0.25, 0.3) is 0 Å². The highest BCUT2D eigenvalue weighted by Gasteiger charge is 2.23. The van der Waals surface area contributed by atoms with Crippen LogP contribution >= 0.6 is 0 Å². The van der Waals surface area contributed by atoms with Gasteiger partial charge in [-0.3, -0.25) is 0 Å². The van der Waals surface area contributed by atoms with Crippen molar-refractivity contribution in [3.05, 3.63) is 35.9 Å². The van der Waals surface area contributed by atoms with Crippen molar-refractivity contribution in [2.75, 3.05) is 6.67 Å². The van der Waals surface area contributed by atoms with Crippen molar-refractivity contribution in [1.29, 1.82) is 0 Å². The Balaban J connectivity index is 2.49. The maximum atomic E-state index is 12.8. The van der Waals surface area contributed by atoms with Gasteiger partial charge in [0.05, 0.1) is 0 Å². The van der Waals surface area contributed by atoms with E-state index in [9.17, 15) is 4.39 Å². The van der Waals surface area contributed by atoms with E-state index < -0.39 is 0 Å². The molecule has 0 aliphatic carbocycles. The second-order valence-corrected chi connectivity index (χ2v) is 4.94. The van der Waals surface area contributed by atoms with Crippen molar-refractivity contribution in [3.63, 3.8) is 0 Å². The molecule has 1 aromatic rings. The number of rotatable bonds is 4. The van der Waals surface area contributed by atoms with Gasteiger partial charge < -0.3 is 5.32 Å². The Labute approximate surface area is 91.7 Å². The van der Waals surface area contributed by atoms with Gasteiger partial charge in [-0.25, -0.2) is 4.39 Å². The second kappa shape index (κ2) is 5.26. The van der Waals surface area contributed by atoms with Gasteiger partial charge in [-0.05, 0) is 11.0 Å². The lowest BCUT2D eigenvalue weighted by Gasteiger charge is -2.29. The molecule has 0 aliphatic rings. The monoisotopic (exact) mass is 209 g/mol. The molecule has 0 spiro atoms. The molecule has 1 unspecified atom stereocenters. The summed E-state index contributed by atoms with van der Waals surface area (Å²) in [6.07, 6.45) is 0. The molecule has 84 valence electrons. The minimum Gasteiger partial charge on any atom is -0.307 e. The normalized spacial score (nSPS) is 13.9. The number of nitrogens with one attached hydrogen (secondary N) is 1. The van der Waals surface area contributed by atoms with E-state index >= 15 is 0 Å². The third kappa shape index (κ3) is 4.00. The molecule has 0 bridgehead atoms. The van der Waals surface area contributed by atoms with Crippen LogP contribution < -0.4 is 5.32 Å². The lowest BCUT2D eigenvalue weighted by Crippen LogP contribution is -2.41. The van der Waals surface area contributed by atoms with E-state index in [0.29, 0.717) is 0 Å². The number of hydrogen-bond donors (Lipinski definition) is 1. The fourth-order valence-electron chi connectivity index (χ4n) is 1.43. The van der Waals surface area contributed by atoms with Gasteiger partial charge in [0.15, 0.2) is 0 Å². The molecule has 1 aromatic carbocycles. The molecular weight excluding hydrogens is 189 g/mol. The summed E-state index contributed by atoms with van der Waals surface area (Å²) >= 11 is 0. The van der Waals surface area contributed by atoms with Crippen molar-refractivity contribution in [3.8, 4) is 0 Å². The number of halogens is 1. The van der Waals surface area contributed by atoms with Crippen molar-refractivity contribution < 1.29 is 4.39 Å². The van der Waals surface area contributed by atoms with E-state index in [1.807, 2.05) is 30.3 Å². The fraction of sp³-hybridized carbons (Fsp3) is 0.538. The summed E-state index contributed by atoms with van der Waals surface area (Å²) in [6.45, 7) is 6.56. The van der Waals surface area contributed by atoms with Crippen molar-refractivity contribution >= 4 is 0 Å². The van der Waals surface area contributed by atoms with Crippen LogP contribution in [0.3, 0.4) is 0 Å². The molecule has 1 atom stereocenters. The predicted molar refractivity (Wildman–Crippen MR) is 62.5 cm³/mol. The predicted octanol–water partition coefficient (Wildman–Crippen LogP) is 3.16. The number of hydrogen-bond acceptors (Lipinski definition) is 1. The van der Waals surface area contributed by atoms with E-state index in [1.165, 1.54) is 5.56 Å². The fourth-order valence-corrected chi connectivity index (χ4v) is 1.43. The minimum absolute atomic E-state index is 0.0382. The Kier molecular flexibility index (Phi) is 4.28. The van der Waals surface area contributed by atoms with E-state index in [4.69, 9.17) is 0 Å². The highest BCUT2D eigenvalue weighted by atomic mass is 19.1. The van der Waals surface area contributed by atoms with Crippen LogP contribution in [0.15, 0.2) is 30.3 Å². The maximum absolute atomic E-state index is 12.8. The summed E-state index contributed by atoms with van der Waals surface area (Å²) in [5.41, 5.74) is 1.16.